The van der Waals surface area contributed by atoms with Gasteiger partial charge in [-0.2, -0.15) is 0 Å². The minimum absolute atomic E-state index is 0.0217. The number of aliphatic hydroxyl groups excluding tert-OH is 1. The van der Waals surface area contributed by atoms with Crippen LogP contribution in [0.25, 0.3) is 22.2 Å². The highest BCUT2D eigenvalue weighted by Gasteiger charge is 2.35. The summed E-state index contributed by atoms with van der Waals surface area (Å²) in [5, 5.41) is 15.5. The quantitative estimate of drug-likeness (QED) is 0.466. The van der Waals surface area contributed by atoms with Gasteiger partial charge < -0.3 is 20.7 Å². The van der Waals surface area contributed by atoms with Crippen molar-refractivity contribution in [3.63, 3.8) is 0 Å². The van der Waals surface area contributed by atoms with Crippen molar-refractivity contribution in [1.82, 2.24) is 15.6 Å². The number of urea groups is 1. The number of halogens is 3. The molecular weight excluding hydrogens is 419 g/mol. The van der Waals surface area contributed by atoms with Crippen LogP contribution >= 0.6 is 0 Å². The van der Waals surface area contributed by atoms with Crippen molar-refractivity contribution in [2.45, 2.75) is 43.7 Å². The molecule has 0 saturated heterocycles. The summed E-state index contributed by atoms with van der Waals surface area (Å²) in [7, 11) is 0. The van der Waals surface area contributed by atoms with Crippen LogP contribution < -0.4 is 10.6 Å². The fourth-order valence-corrected chi connectivity index (χ4v) is 4.83. The molecule has 2 amide bonds. The lowest BCUT2D eigenvalue weighted by atomic mass is 9.70. The lowest BCUT2D eigenvalue weighted by Gasteiger charge is -2.37. The lowest BCUT2D eigenvalue weighted by Crippen LogP contribution is -2.51. The van der Waals surface area contributed by atoms with Crippen molar-refractivity contribution in [2.75, 3.05) is 6.54 Å². The molecule has 0 aliphatic heterocycles. The molecule has 5 rings (SSSR count). The van der Waals surface area contributed by atoms with Gasteiger partial charge in [0, 0.05) is 24.0 Å². The number of aromatic nitrogens is 1. The summed E-state index contributed by atoms with van der Waals surface area (Å²) in [5.41, 5.74) is 2.45. The van der Waals surface area contributed by atoms with Gasteiger partial charge in [0.25, 0.3) is 0 Å². The van der Waals surface area contributed by atoms with Gasteiger partial charge in [0.1, 0.15) is 17.5 Å². The van der Waals surface area contributed by atoms with Gasteiger partial charge in [-0.3, -0.25) is 0 Å². The highest BCUT2D eigenvalue weighted by atomic mass is 19.1. The van der Waals surface area contributed by atoms with E-state index >= 15 is 0 Å². The highest BCUT2D eigenvalue weighted by Crippen LogP contribution is 2.48. The average molecular weight is 443 g/mol. The van der Waals surface area contributed by atoms with E-state index < -0.39 is 11.6 Å². The number of hydrogen-bond acceptors (Lipinski definition) is 2. The van der Waals surface area contributed by atoms with Gasteiger partial charge in [-0.05, 0) is 79.0 Å². The molecule has 2 aliphatic rings. The van der Waals surface area contributed by atoms with Gasteiger partial charge in [-0.15, -0.1) is 0 Å². The first kappa shape index (κ1) is 20.9. The Morgan fingerprint density at radius 3 is 2.44 bits per heavy atom. The third-order valence-electron chi connectivity index (χ3n) is 6.64. The molecule has 5 nitrogen and oxygen atoms in total. The molecule has 8 heteroatoms. The third kappa shape index (κ3) is 3.95. The number of fused-ring (bicyclic) bond motifs is 1. The first-order chi connectivity index (χ1) is 15.4. The number of carbonyl (C=O) groups is 1. The summed E-state index contributed by atoms with van der Waals surface area (Å²) in [6, 6.07) is 7.90. The summed E-state index contributed by atoms with van der Waals surface area (Å²) in [4.78, 5) is 15.1. The maximum absolute atomic E-state index is 14.5. The minimum Gasteiger partial charge on any atom is -0.393 e. The normalized spacial score (nSPS) is 24.6. The zero-order valence-corrected chi connectivity index (χ0v) is 17.3. The second kappa shape index (κ2) is 8.16. The van der Waals surface area contributed by atoms with Crippen LogP contribution in [0.3, 0.4) is 0 Å². The number of aliphatic hydroxyl groups is 1. The number of nitrogens with one attached hydrogen (secondary N) is 3. The van der Waals surface area contributed by atoms with Gasteiger partial charge in [0.15, 0.2) is 0 Å². The molecule has 0 atom stereocenters. The Morgan fingerprint density at radius 1 is 1.03 bits per heavy atom. The molecule has 168 valence electrons. The Morgan fingerprint density at radius 2 is 1.75 bits per heavy atom. The second-order valence-corrected chi connectivity index (χ2v) is 8.94. The fourth-order valence-electron chi connectivity index (χ4n) is 4.83. The molecule has 4 N–H and O–H groups in total. The van der Waals surface area contributed by atoms with Gasteiger partial charge in [0.05, 0.1) is 17.3 Å². The first-order valence-corrected chi connectivity index (χ1v) is 10.9. The van der Waals surface area contributed by atoms with Gasteiger partial charge in [-0.1, -0.05) is 0 Å². The number of hydrogen-bond donors (Lipinski definition) is 4. The average Bonchev–Trinajstić information content (AvgIpc) is 3.05. The summed E-state index contributed by atoms with van der Waals surface area (Å²) >= 11 is 0. The molecule has 2 fully saturated rings. The smallest absolute Gasteiger partial charge is 0.315 e. The molecule has 1 heterocycles. The van der Waals surface area contributed by atoms with E-state index in [4.69, 9.17) is 0 Å². The van der Waals surface area contributed by atoms with Gasteiger partial charge >= 0.3 is 6.03 Å². The number of carbonyl (C=O) groups excluding carboxylic acids is 1. The Balaban J connectivity index is 1.32. The minimum atomic E-state index is -0.662. The molecule has 0 radical (unpaired) electrons. The molecule has 2 saturated carbocycles. The molecule has 0 unspecified atom stereocenters. The summed E-state index contributed by atoms with van der Waals surface area (Å²) in [6.45, 7) is 0.508. The number of H-pyrrole nitrogens is 1. The van der Waals surface area contributed by atoms with Crippen LogP contribution in [0.1, 0.15) is 37.2 Å². The van der Waals surface area contributed by atoms with E-state index in [1.807, 2.05) is 0 Å². The van der Waals surface area contributed by atoms with Crippen LogP contribution in [0.5, 0.6) is 0 Å². The maximum Gasteiger partial charge on any atom is 0.315 e. The molecule has 32 heavy (non-hydrogen) atoms. The Bertz CT molecular complexity index is 1150. The predicted molar refractivity (Wildman–Crippen MR) is 115 cm³/mol. The topological polar surface area (TPSA) is 77.2 Å². The second-order valence-electron chi connectivity index (χ2n) is 8.94. The zero-order chi connectivity index (χ0) is 22.4. The highest BCUT2D eigenvalue weighted by molar-refractivity contribution is 5.92. The van der Waals surface area contributed by atoms with E-state index in [-0.39, 0.29) is 41.3 Å². The fraction of sp³-hybridized carbons (Fsp3) is 0.375. The summed E-state index contributed by atoms with van der Waals surface area (Å²) < 4.78 is 41.9. The van der Waals surface area contributed by atoms with Crippen molar-refractivity contribution in [2.24, 2.45) is 5.92 Å². The van der Waals surface area contributed by atoms with Gasteiger partial charge in [-0.25, -0.2) is 18.0 Å². The van der Waals surface area contributed by atoms with Crippen LogP contribution in [0.2, 0.25) is 0 Å². The van der Waals surface area contributed by atoms with Gasteiger partial charge in [0.2, 0.25) is 0 Å². The van der Waals surface area contributed by atoms with Crippen molar-refractivity contribution >= 4 is 16.9 Å². The largest absolute Gasteiger partial charge is 0.393 e. The van der Waals surface area contributed by atoms with Crippen molar-refractivity contribution in [3.05, 3.63) is 59.4 Å². The summed E-state index contributed by atoms with van der Waals surface area (Å²) in [5.74, 6) is -1.35. The van der Waals surface area contributed by atoms with E-state index in [9.17, 15) is 23.1 Å². The Hall–Kier alpha value is -3.00. The summed E-state index contributed by atoms with van der Waals surface area (Å²) in [6.07, 6.45) is 2.37. The van der Waals surface area contributed by atoms with E-state index in [2.05, 4.69) is 15.6 Å². The Labute approximate surface area is 183 Å². The SMILES string of the molecule is O=C(NCC1CC(c2c(-c3ccc(F)cc3)[nH]c3c(F)cc(F)cc23)C1)NC1CC(O)C1. The molecule has 3 aromatic rings. The molecule has 2 aliphatic carbocycles. The molecule has 0 spiro atoms. The van der Waals surface area contributed by atoms with Crippen molar-refractivity contribution in [1.29, 1.82) is 0 Å². The number of amides is 2. The standard InChI is InChI=1S/C24H24F3N3O2/c25-15-3-1-13(2-4-15)22-21(19-7-16(26)8-20(27)23(19)30-22)14-5-12(6-14)11-28-24(32)29-17-9-18(31)10-17/h1-4,7-8,12,14,17-18,30-31H,5-6,9-11H2,(H2,28,29,32). The molecule has 0 bridgehead atoms. The third-order valence-corrected chi connectivity index (χ3v) is 6.64. The number of benzene rings is 2. The lowest BCUT2D eigenvalue weighted by molar-refractivity contribution is 0.0661. The number of rotatable bonds is 5. The zero-order valence-electron chi connectivity index (χ0n) is 17.3. The Kier molecular flexibility index (Phi) is 5.33. The number of aromatic amines is 1. The van der Waals surface area contributed by atoms with Crippen LogP contribution in [0.4, 0.5) is 18.0 Å². The van der Waals surface area contributed by atoms with Crippen LogP contribution in [0.15, 0.2) is 36.4 Å². The van der Waals surface area contributed by atoms with Crippen LogP contribution in [-0.2, 0) is 0 Å². The molecular formula is C24H24F3N3O2. The van der Waals surface area contributed by atoms with E-state index in [1.54, 1.807) is 12.1 Å². The first-order valence-electron chi connectivity index (χ1n) is 10.9. The van der Waals surface area contributed by atoms with Crippen LogP contribution in [0, 0.1) is 23.4 Å². The predicted octanol–water partition coefficient (Wildman–Crippen LogP) is 4.57. The van der Waals surface area contributed by atoms with Crippen molar-refractivity contribution < 1.29 is 23.1 Å². The van der Waals surface area contributed by atoms with E-state index in [0.29, 0.717) is 36.0 Å². The maximum atomic E-state index is 14.5. The molecule has 1 aromatic heterocycles. The van der Waals surface area contributed by atoms with Crippen molar-refractivity contribution in [3.8, 4) is 11.3 Å². The van der Waals surface area contributed by atoms with E-state index in [1.165, 1.54) is 18.2 Å². The monoisotopic (exact) mass is 443 g/mol. The van der Waals surface area contributed by atoms with Crippen LogP contribution in [-0.4, -0.2) is 34.8 Å². The molecule has 2 aromatic carbocycles. The van der Waals surface area contributed by atoms with E-state index in [0.717, 1.165) is 24.5 Å².